The largest absolute Gasteiger partial charge is 0.322 e. The second kappa shape index (κ2) is 7.63. The molecule has 6 heteroatoms. The maximum atomic E-state index is 12.0. The van der Waals surface area contributed by atoms with E-state index >= 15 is 0 Å². The van der Waals surface area contributed by atoms with Crippen LogP contribution >= 0.6 is 0 Å². The lowest BCUT2D eigenvalue weighted by Crippen LogP contribution is -2.15. The number of benzene rings is 2. The molecule has 132 valence electrons. The van der Waals surface area contributed by atoms with Gasteiger partial charge in [-0.25, -0.2) is 13.6 Å². The van der Waals surface area contributed by atoms with E-state index in [2.05, 4.69) is 19.2 Å². The number of amides is 1. The van der Waals surface area contributed by atoms with Crippen molar-refractivity contribution in [2.45, 2.75) is 31.6 Å². The first kappa shape index (κ1) is 18.9. The van der Waals surface area contributed by atoms with Gasteiger partial charge in [-0.1, -0.05) is 44.2 Å². The molecule has 0 aliphatic heterocycles. The SMILES string of the molecule is Cc1ccc(NC(=O)/C=C/c2ccc(C(C)C)cc2)cc1S(N)(=O)=O. The van der Waals surface area contributed by atoms with Crippen molar-refractivity contribution in [1.82, 2.24) is 0 Å². The molecule has 0 bridgehead atoms. The average molecular weight is 358 g/mol. The smallest absolute Gasteiger partial charge is 0.248 e. The number of rotatable bonds is 5. The Balaban J connectivity index is 2.10. The van der Waals surface area contributed by atoms with Crippen LogP contribution in [0.2, 0.25) is 0 Å². The third-order valence-corrected chi connectivity index (χ3v) is 4.85. The van der Waals surface area contributed by atoms with Crippen LogP contribution in [0.3, 0.4) is 0 Å². The predicted molar refractivity (Wildman–Crippen MR) is 101 cm³/mol. The van der Waals surface area contributed by atoms with Gasteiger partial charge in [0.2, 0.25) is 15.9 Å². The van der Waals surface area contributed by atoms with Crippen molar-refractivity contribution >= 4 is 27.7 Å². The Labute approximate surface area is 148 Å². The lowest BCUT2D eigenvalue weighted by molar-refractivity contribution is -0.111. The highest BCUT2D eigenvalue weighted by Gasteiger charge is 2.12. The molecule has 0 saturated heterocycles. The highest BCUT2D eigenvalue weighted by Crippen LogP contribution is 2.19. The van der Waals surface area contributed by atoms with Crippen molar-refractivity contribution in [1.29, 1.82) is 0 Å². The summed E-state index contributed by atoms with van der Waals surface area (Å²) in [7, 11) is -3.83. The van der Waals surface area contributed by atoms with Crippen molar-refractivity contribution in [2.24, 2.45) is 5.14 Å². The van der Waals surface area contributed by atoms with Crippen LogP contribution in [-0.4, -0.2) is 14.3 Å². The summed E-state index contributed by atoms with van der Waals surface area (Å²) in [5.41, 5.74) is 3.05. The minimum absolute atomic E-state index is 0.00134. The molecule has 0 radical (unpaired) electrons. The van der Waals surface area contributed by atoms with Gasteiger partial charge in [-0.3, -0.25) is 4.79 Å². The van der Waals surface area contributed by atoms with Crippen molar-refractivity contribution < 1.29 is 13.2 Å². The fourth-order valence-corrected chi connectivity index (χ4v) is 3.14. The van der Waals surface area contributed by atoms with Gasteiger partial charge >= 0.3 is 0 Å². The van der Waals surface area contributed by atoms with Crippen LogP contribution in [0.25, 0.3) is 6.08 Å². The van der Waals surface area contributed by atoms with Crippen LogP contribution in [0, 0.1) is 6.92 Å². The zero-order chi connectivity index (χ0) is 18.6. The van der Waals surface area contributed by atoms with Gasteiger partial charge in [0, 0.05) is 11.8 Å². The zero-order valence-corrected chi connectivity index (χ0v) is 15.3. The molecule has 0 aliphatic rings. The molecule has 25 heavy (non-hydrogen) atoms. The molecule has 0 spiro atoms. The van der Waals surface area contributed by atoms with Gasteiger partial charge in [0.1, 0.15) is 0 Å². The van der Waals surface area contributed by atoms with Crippen molar-refractivity contribution in [3.05, 3.63) is 65.2 Å². The normalized spacial score (nSPS) is 11.9. The van der Waals surface area contributed by atoms with Gasteiger partial charge < -0.3 is 5.32 Å². The molecule has 1 amide bonds. The molecule has 0 aromatic heterocycles. The number of nitrogens with two attached hydrogens (primary N) is 1. The number of aryl methyl sites for hydroxylation is 1. The van der Waals surface area contributed by atoms with Gasteiger partial charge in [-0.05, 0) is 47.7 Å². The summed E-state index contributed by atoms with van der Waals surface area (Å²) in [5.74, 6) is 0.105. The highest BCUT2D eigenvalue weighted by molar-refractivity contribution is 7.89. The average Bonchev–Trinajstić information content (AvgIpc) is 2.54. The quantitative estimate of drug-likeness (QED) is 0.803. The lowest BCUT2D eigenvalue weighted by Gasteiger charge is -2.07. The predicted octanol–water partition coefficient (Wildman–Crippen LogP) is 3.42. The van der Waals surface area contributed by atoms with E-state index in [1.165, 1.54) is 17.7 Å². The molecule has 3 N–H and O–H groups in total. The van der Waals surface area contributed by atoms with Crippen LogP contribution in [0.5, 0.6) is 0 Å². The van der Waals surface area contributed by atoms with Crippen molar-refractivity contribution in [3.63, 3.8) is 0 Å². The minimum Gasteiger partial charge on any atom is -0.322 e. The molecule has 5 nitrogen and oxygen atoms in total. The topological polar surface area (TPSA) is 89.3 Å². The summed E-state index contributed by atoms with van der Waals surface area (Å²) < 4.78 is 23.1. The number of hydrogen-bond acceptors (Lipinski definition) is 3. The van der Waals surface area contributed by atoms with E-state index < -0.39 is 10.0 Å². The third kappa shape index (κ3) is 5.27. The monoisotopic (exact) mass is 358 g/mol. The van der Waals surface area contributed by atoms with Crippen LogP contribution in [0.4, 0.5) is 5.69 Å². The summed E-state index contributed by atoms with van der Waals surface area (Å²) in [6.45, 7) is 5.89. The van der Waals surface area contributed by atoms with Gasteiger partial charge in [0.05, 0.1) is 4.90 Å². The first-order valence-electron chi connectivity index (χ1n) is 7.89. The van der Waals surface area contributed by atoms with Crippen LogP contribution < -0.4 is 10.5 Å². The molecular formula is C19H22N2O3S. The minimum atomic E-state index is -3.83. The summed E-state index contributed by atoms with van der Waals surface area (Å²) in [6.07, 6.45) is 3.11. The maximum Gasteiger partial charge on any atom is 0.248 e. The Bertz CT molecular complexity index is 899. The molecular weight excluding hydrogens is 336 g/mol. The molecule has 2 aromatic rings. The number of sulfonamides is 1. The van der Waals surface area contributed by atoms with E-state index in [9.17, 15) is 13.2 Å². The molecule has 0 fully saturated rings. The highest BCUT2D eigenvalue weighted by atomic mass is 32.2. The van der Waals surface area contributed by atoms with E-state index in [-0.39, 0.29) is 10.8 Å². The van der Waals surface area contributed by atoms with Gasteiger partial charge in [0.25, 0.3) is 0 Å². The maximum absolute atomic E-state index is 12.0. The summed E-state index contributed by atoms with van der Waals surface area (Å²) in [6, 6.07) is 12.5. The van der Waals surface area contributed by atoms with E-state index in [4.69, 9.17) is 5.14 Å². The van der Waals surface area contributed by atoms with E-state index in [0.717, 1.165) is 5.56 Å². The van der Waals surface area contributed by atoms with Crippen LogP contribution in [-0.2, 0) is 14.8 Å². The van der Waals surface area contributed by atoms with E-state index in [1.807, 2.05) is 24.3 Å². The van der Waals surface area contributed by atoms with Crippen LogP contribution in [0.1, 0.15) is 36.5 Å². The Morgan fingerprint density at radius 2 is 1.76 bits per heavy atom. The fraction of sp³-hybridized carbons (Fsp3) is 0.211. The Morgan fingerprint density at radius 1 is 1.12 bits per heavy atom. The number of carbonyl (C=O) groups excluding carboxylic acids is 1. The second-order valence-corrected chi connectivity index (χ2v) is 7.70. The molecule has 0 aliphatic carbocycles. The van der Waals surface area contributed by atoms with Crippen molar-refractivity contribution in [2.75, 3.05) is 5.32 Å². The second-order valence-electron chi connectivity index (χ2n) is 6.17. The van der Waals surface area contributed by atoms with Gasteiger partial charge in [-0.2, -0.15) is 0 Å². The first-order chi connectivity index (χ1) is 11.7. The van der Waals surface area contributed by atoms with E-state index in [1.54, 1.807) is 25.1 Å². The molecule has 0 saturated carbocycles. The molecule has 0 heterocycles. The Morgan fingerprint density at radius 3 is 2.32 bits per heavy atom. The number of nitrogens with one attached hydrogen (secondary N) is 1. The fourth-order valence-electron chi connectivity index (χ4n) is 2.33. The standard InChI is InChI=1S/C19H22N2O3S/c1-13(2)16-8-5-15(6-9-16)7-11-19(22)21-17-10-4-14(3)18(12-17)25(20,23)24/h4-13H,1-3H3,(H,21,22)(H2,20,23,24)/b11-7+. The number of hydrogen-bond donors (Lipinski definition) is 2. The molecule has 2 aromatic carbocycles. The third-order valence-electron chi connectivity index (χ3n) is 3.79. The number of carbonyl (C=O) groups is 1. The lowest BCUT2D eigenvalue weighted by atomic mass is 10.0. The molecule has 2 rings (SSSR count). The van der Waals surface area contributed by atoms with Crippen LogP contribution in [0.15, 0.2) is 53.4 Å². The first-order valence-corrected chi connectivity index (χ1v) is 9.44. The summed E-state index contributed by atoms with van der Waals surface area (Å²) >= 11 is 0. The van der Waals surface area contributed by atoms with Gasteiger partial charge in [0.15, 0.2) is 0 Å². The zero-order valence-electron chi connectivity index (χ0n) is 14.5. The number of primary sulfonamides is 1. The summed E-state index contributed by atoms with van der Waals surface area (Å²) in [5, 5.41) is 7.81. The molecule has 0 atom stereocenters. The summed E-state index contributed by atoms with van der Waals surface area (Å²) in [4.78, 5) is 12.0. The van der Waals surface area contributed by atoms with Crippen molar-refractivity contribution in [3.8, 4) is 0 Å². The Hall–Kier alpha value is -2.44. The number of anilines is 1. The van der Waals surface area contributed by atoms with Gasteiger partial charge in [-0.15, -0.1) is 0 Å². The molecule has 0 unspecified atom stereocenters. The Kier molecular flexibility index (Phi) is 5.77. The van der Waals surface area contributed by atoms with E-state index in [0.29, 0.717) is 17.2 Å².